The minimum absolute atomic E-state index is 0.0347. The molecule has 0 bridgehead atoms. The first-order valence-corrected chi connectivity index (χ1v) is 10.2. The normalized spacial score (nSPS) is 19.8. The van der Waals surface area contributed by atoms with Gasteiger partial charge in [-0.1, -0.05) is 18.2 Å². The Morgan fingerprint density at radius 3 is 2.66 bits per heavy atom. The Labute approximate surface area is 183 Å². The Kier molecular flexibility index (Phi) is 4.80. The summed E-state index contributed by atoms with van der Waals surface area (Å²) >= 11 is 0. The summed E-state index contributed by atoms with van der Waals surface area (Å²) in [5, 5.41) is 7.50. The number of ketones is 1. The maximum Gasteiger partial charge on any atom is 0.241 e. The van der Waals surface area contributed by atoms with Crippen molar-refractivity contribution in [2.45, 2.75) is 24.8 Å². The van der Waals surface area contributed by atoms with Gasteiger partial charge in [0.2, 0.25) is 11.9 Å². The number of fused-ring (bicyclic) bond motifs is 1. The maximum atomic E-state index is 14.0. The van der Waals surface area contributed by atoms with E-state index in [1.54, 1.807) is 31.0 Å². The average molecular weight is 435 g/mol. The monoisotopic (exact) mass is 435 g/mol. The zero-order valence-corrected chi connectivity index (χ0v) is 17.6. The largest absolute Gasteiger partial charge is 0.493 e. The number of rotatable bonds is 4. The molecule has 0 saturated carbocycles. The summed E-state index contributed by atoms with van der Waals surface area (Å²) in [6.45, 7) is 0. The standard InChI is InChI=1S/C23H22FN5O3/c1-31-18-7-6-12(11-19(18)32-2)14-9-16-20(17(30)10-14)21(13-4-3-5-15(24)8-13)29-23(26-16)27-22(25)28-29/h3-8,11,14,21H,9-10H2,1-2H3,(H3,25,26,27,28)/t14-,21-/m1/s1. The first-order valence-electron chi connectivity index (χ1n) is 10.2. The zero-order valence-electron chi connectivity index (χ0n) is 17.6. The number of nitrogen functional groups attached to an aromatic ring is 1. The first-order chi connectivity index (χ1) is 15.5. The summed E-state index contributed by atoms with van der Waals surface area (Å²) in [6.07, 6.45) is 0.885. The molecule has 2 aliphatic rings. The number of allylic oxidation sites excluding steroid dienone is 2. The van der Waals surface area contributed by atoms with E-state index in [0.29, 0.717) is 41.4 Å². The second kappa shape index (κ2) is 7.67. The van der Waals surface area contributed by atoms with Crippen LogP contribution in [0.1, 0.15) is 35.9 Å². The molecule has 9 heteroatoms. The third kappa shape index (κ3) is 3.26. The summed E-state index contributed by atoms with van der Waals surface area (Å²) in [5.74, 6) is 1.27. The third-order valence-corrected chi connectivity index (χ3v) is 5.98. The first kappa shape index (κ1) is 20.0. The minimum atomic E-state index is -0.597. The van der Waals surface area contributed by atoms with Crippen LogP contribution in [0.4, 0.5) is 16.3 Å². The molecule has 8 nitrogen and oxygen atoms in total. The second-order valence-electron chi connectivity index (χ2n) is 7.86. The summed E-state index contributed by atoms with van der Waals surface area (Å²) in [7, 11) is 3.16. The van der Waals surface area contributed by atoms with E-state index in [9.17, 15) is 9.18 Å². The lowest BCUT2D eigenvalue weighted by molar-refractivity contribution is -0.116. The molecule has 2 atom stereocenters. The van der Waals surface area contributed by atoms with Gasteiger partial charge >= 0.3 is 0 Å². The topological polar surface area (TPSA) is 104 Å². The molecule has 2 heterocycles. The molecule has 32 heavy (non-hydrogen) atoms. The summed E-state index contributed by atoms with van der Waals surface area (Å²) < 4.78 is 26.3. The van der Waals surface area contributed by atoms with E-state index in [1.165, 1.54) is 12.1 Å². The van der Waals surface area contributed by atoms with Crippen molar-refractivity contribution in [2.24, 2.45) is 0 Å². The van der Waals surface area contributed by atoms with Gasteiger partial charge in [-0.3, -0.25) is 4.79 Å². The Balaban J connectivity index is 1.58. The lowest BCUT2D eigenvalue weighted by atomic mass is 9.78. The highest BCUT2D eigenvalue weighted by molar-refractivity contribution is 6.00. The Hall–Kier alpha value is -3.88. The highest BCUT2D eigenvalue weighted by atomic mass is 19.1. The number of hydrogen-bond acceptors (Lipinski definition) is 7. The van der Waals surface area contributed by atoms with Crippen LogP contribution in [0.25, 0.3) is 0 Å². The van der Waals surface area contributed by atoms with Gasteiger partial charge in [-0.05, 0) is 47.7 Å². The van der Waals surface area contributed by atoms with Gasteiger partial charge in [-0.2, -0.15) is 4.98 Å². The van der Waals surface area contributed by atoms with Crippen molar-refractivity contribution in [1.29, 1.82) is 0 Å². The fourth-order valence-corrected chi connectivity index (χ4v) is 4.56. The quantitative estimate of drug-likeness (QED) is 0.647. The number of nitrogens with zero attached hydrogens (tertiary/aromatic N) is 3. The number of hydrogen-bond donors (Lipinski definition) is 2. The number of nitrogens with one attached hydrogen (secondary N) is 1. The molecule has 1 aliphatic carbocycles. The molecule has 164 valence electrons. The van der Waals surface area contributed by atoms with Gasteiger partial charge in [0.1, 0.15) is 11.9 Å². The zero-order chi connectivity index (χ0) is 22.4. The number of nitrogens with two attached hydrogens (primary N) is 1. The van der Waals surface area contributed by atoms with Gasteiger partial charge in [0, 0.05) is 17.7 Å². The SMILES string of the molecule is COc1ccc([C@H]2CC(=O)C3=C(C2)Nc2nc(N)nn2[C@@H]3c2cccc(F)c2)cc1OC. The Morgan fingerprint density at radius 1 is 1.09 bits per heavy atom. The fourth-order valence-electron chi connectivity index (χ4n) is 4.56. The van der Waals surface area contributed by atoms with Crippen molar-refractivity contribution in [2.75, 3.05) is 25.3 Å². The van der Waals surface area contributed by atoms with Crippen LogP contribution >= 0.6 is 0 Å². The van der Waals surface area contributed by atoms with Crippen molar-refractivity contribution in [3.63, 3.8) is 0 Å². The van der Waals surface area contributed by atoms with Crippen LogP contribution in [-0.4, -0.2) is 34.8 Å². The van der Waals surface area contributed by atoms with Gasteiger partial charge < -0.3 is 20.5 Å². The molecule has 1 aromatic heterocycles. The van der Waals surface area contributed by atoms with Crippen LogP contribution in [0.3, 0.4) is 0 Å². The molecule has 0 spiro atoms. The van der Waals surface area contributed by atoms with E-state index in [4.69, 9.17) is 15.2 Å². The number of methoxy groups -OCH3 is 2. The Morgan fingerprint density at radius 2 is 1.91 bits per heavy atom. The van der Waals surface area contributed by atoms with E-state index >= 15 is 0 Å². The summed E-state index contributed by atoms with van der Waals surface area (Å²) in [4.78, 5) is 17.7. The minimum Gasteiger partial charge on any atom is -0.493 e. The summed E-state index contributed by atoms with van der Waals surface area (Å²) in [5.41, 5.74) is 8.73. The maximum absolute atomic E-state index is 14.0. The lowest BCUT2D eigenvalue weighted by Gasteiger charge is -2.35. The molecule has 0 amide bonds. The number of aromatic nitrogens is 3. The number of halogens is 1. The molecule has 3 aromatic rings. The van der Waals surface area contributed by atoms with Crippen LogP contribution in [0.2, 0.25) is 0 Å². The number of ether oxygens (including phenoxy) is 2. The van der Waals surface area contributed by atoms with Crippen molar-refractivity contribution >= 4 is 17.7 Å². The molecule has 3 N–H and O–H groups in total. The van der Waals surface area contributed by atoms with Crippen LogP contribution in [-0.2, 0) is 4.79 Å². The number of anilines is 2. The Bertz CT molecular complexity index is 1250. The number of carbonyl (C=O) groups excluding carboxylic acids is 1. The average Bonchev–Trinajstić information content (AvgIpc) is 3.16. The molecular weight excluding hydrogens is 413 g/mol. The number of carbonyl (C=O) groups is 1. The predicted molar refractivity (Wildman–Crippen MR) is 116 cm³/mol. The van der Waals surface area contributed by atoms with Gasteiger partial charge in [0.05, 0.1) is 14.2 Å². The lowest BCUT2D eigenvalue weighted by Crippen LogP contribution is -2.33. The van der Waals surface area contributed by atoms with Gasteiger partial charge in [-0.15, -0.1) is 5.10 Å². The van der Waals surface area contributed by atoms with E-state index in [-0.39, 0.29) is 23.5 Å². The summed E-state index contributed by atoms with van der Waals surface area (Å²) in [6, 6.07) is 11.3. The van der Waals surface area contributed by atoms with Crippen molar-refractivity contribution in [1.82, 2.24) is 14.8 Å². The highest BCUT2D eigenvalue weighted by Gasteiger charge is 2.40. The smallest absolute Gasteiger partial charge is 0.241 e. The fraction of sp³-hybridized carbons (Fsp3) is 0.261. The molecule has 1 aliphatic heterocycles. The van der Waals surface area contributed by atoms with Crippen molar-refractivity contribution in [3.05, 3.63) is 70.7 Å². The van der Waals surface area contributed by atoms with E-state index in [1.807, 2.05) is 18.2 Å². The molecule has 0 fully saturated rings. The molecule has 0 saturated heterocycles. The van der Waals surface area contributed by atoms with E-state index in [2.05, 4.69) is 15.4 Å². The molecule has 5 rings (SSSR count). The van der Waals surface area contributed by atoms with Crippen molar-refractivity contribution < 1.29 is 18.7 Å². The molecular formula is C23H22FN5O3. The molecule has 2 aromatic carbocycles. The number of Topliss-reactive ketones (excluding diaryl/α,β-unsaturated/α-hetero) is 1. The number of benzene rings is 2. The van der Waals surface area contributed by atoms with Gasteiger partial charge in [0.25, 0.3) is 0 Å². The van der Waals surface area contributed by atoms with Crippen LogP contribution < -0.4 is 20.5 Å². The van der Waals surface area contributed by atoms with Gasteiger partial charge in [-0.25, -0.2) is 9.07 Å². The van der Waals surface area contributed by atoms with Crippen LogP contribution in [0, 0.1) is 5.82 Å². The third-order valence-electron chi connectivity index (χ3n) is 5.98. The van der Waals surface area contributed by atoms with Crippen LogP contribution in [0.5, 0.6) is 11.5 Å². The molecule has 0 radical (unpaired) electrons. The highest BCUT2D eigenvalue weighted by Crippen LogP contribution is 2.45. The molecule has 0 unspecified atom stereocenters. The van der Waals surface area contributed by atoms with Gasteiger partial charge in [0.15, 0.2) is 17.3 Å². The van der Waals surface area contributed by atoms with Crippen LogP contribution in [0.15, 0.2) is 53.7 Å². The predicted octanol–water partition coefficient (Wildman–Crippen LogP) is 3.43. The van der Waals surface area contributed by atoms with E-state index in [0.717, 1.165) is 11.3 Å². The second-order valence-corrected chi connectivity index (χ2v) is 7.86. The van der Waals surface area contributed by atoms with E-state index < -0.39 is 6.04 Å². The van der Waals surface area contributed by atoms with Crippen molar-refractivity contribution in [3.8, 4) is 11.5 Å².